The fraction of sp³-hybridized carbons (Fsp3) is 0.286. The monoisotopic (exact) mass is 295 g/mol. The Kier molecular flexibility index (Phi) is 2.49. The molecule has 110 valence electrons. The van der Waals surface area contributed by atoms with Crippen LogP contribution in [0.3, 0.4) is 0 Å². The highest BCUT2D eigenvalue weighted by Crippen LogP contribution is 2.30. The number of anilines is 1. The van der Waals surface area contributed by atoms with E-state index in [2.05, 4.69) is 20.7 Å². The summed E-state index contributed by atoms with van der Waals surface area (Å²) >= 11 is 0. The molecule has 4 N–H and O–H groups in total. The Morgan fingerprint density at radius 1 is 1.41 bits per heavy atom. The van der Waals surface area contributed by atoms with E-state index in [1.54, 1.807) is 12.1 Å². The third-order valence-corrected chi connectivity index (χ3v) is 4.13. The molecule has 2 aromatic rings. The number of hydrogen-bond acceptors (Lipinski definition) is 6. The first kappa shape index (κ1) is 12.8. The van der Waals surface area contributed by atoms with E-state index in [9.17, 15) is 4.79 Å². The molecule has 1 fully saturated rings. The highest BCUT2D eigenvalue weighted by atomic mass is 16.2. The van der Waals surface area contributed by atoms with Crippen molar-refractivity contribution < 1.29 is 4.79 Å². The maximum atomic E-state index is 12.3. The van der Waals surface area contributed by atoms with E-state index in [0.717, 1.165) is 13.1 Å². The Balaban J connectivity index is 1.78. The molecule has 0 atom stereocenters. The lowest BCUT2D eigenvalue weighted by atomic mass is 9.83. The number of aromatic nitrogens is 3. The number of nitrogens with one attached hydrogen (secondary N) is 2. The molecule has 8 heteroatoms. The first-order valence-electron chi connectivity index (χ1n) is 6.89. The number of nitrogens with two attached hydrogens (primary N) is 1. The number of carbonyl (C=O) groups excluding carboxylic acids is 1. The van der Waals surface area contributed by atoms with Crippen LogP contribution in [0.2, 0.25) is 0 Å². The van der Waals surface area contributed by atoms with Gasteiger partial charge in [0.25, 0.3) is 5.91 Å². The molecule has 4 heterocycles. The molecule has 0 unspecified atom stereocenters. The van der Waals surface area contributed by atoms with Crippen molar-refractivity contribution in [3.8, 4) is 11.9 Å². The van der Waals surface area contributed by atoms with Crippen molar-refractivity contribution in [2.24, 2.45) is 0 Å². The number of fused-ring (bicyclic) bond motifs is 1. The second-order valence-corrected chi connectivity index (χ2v) is 5.65. The van der Waals surface area contributed by atoms with Crippen LogP contribution in [0.5, 0.6) is 0 Å². The molecule has 0 bridgehead atoms. The van der Waals surface area contributed by atoms with Gasteiger partial charge < -0.3 is 16.4 Å². The Morgan fingerprint density at radius 3 is 2.82 bits per heavy atom. The summed E-state index contributed by atoms with van der Waals surface area (Å²) in [5.74, 6) is 0.562. The molecule has 4 rings (SSSR count). The number of carbonyl (C=O) groups is 1. The Labute approximate surface area is 125 Å². The number of pyridine rings is 1. The average Bonchev–Trinajstić information content (AvgIpc) is 2.83. The molecule has 0 aromatic carbocycles. The van der Waals surface area contributed by atoms with Crippen molar-refractivity contribution in [3.05, 3.63) is 35.2 Å². The highest BCUT2D eigenvalue weighted by molar-refractivity contribution is 6.01. The Morgan fingerprint density at radius 2 is 2.23 bits per heavy atom. The highest BCUT2D eigenvalue weighted by Gasteiger charge is 2.45. The molecular formula is C14H13N7O. The second-order valence-electron chi connectivity index (χ2n) is 5.65. The SMILES string of the molecule is N#Cc1ccc(-n2nc3c(c2N)C(=O)NC2(CNC2)C3)nc1. The van der Waals surface area contributed by atoms with Gasteiger partial charge in [-0.15, -0.1) is 0 Å². The molecule has 2 aromatic heterocycles. The van der Waals surface area contributed by atoms with E-state index in [-0.39, 0.29) is 17.3 Å². The van der Waals surface area contributed by atoms with Crippen molar-refractivity contribution in [1.82, 2.24) is 25.4 Å². The molecule has 8 nitrogen and oxygen atoms in total. The van der Waals surface area contributed by atoms with Gasteiger partial charge in [0.05, 0.1) is 16.8 Å². The number of amides is 1. The maximum Gasteiger partial charge on any atom is 0.257 e. The zero-order chi connectivity index (χ0) is 15.3. The number of hydrogen-bond donors (Lipinski definition) is 3. The van der Waals surface area contributed by atoms with Gasteiger partial charge in [0.15, 0.2) is 5.82 Å². The molecule has 1 spiro atoms. The van der Waals surface area contributed by atoms with E-state index < -0.39 is 0 Å². The first-order valence-corrected chi connectivity index (χ1v) is 6.89. The van der Waals surface area contributed by atoms with Gasteiger partial charge in [-0.3, -0.25) is 4.79 Å². The molecule has 2 aliphatic heterocycles. The minimum Gasteiger partial charge on any atom is -0.383 e. The third kappa shape index (κ3) is 1.69. The predicted octanol–water partition coefficient (Wildman–Crippen LogP) is -0.651. The van der Waals surface area contributed by atoms with Gasteiger partial charge in [0.2, 0.25) is 0 Å². The van der Waals surface area contributed by atoms with E-state index in [4.69, 9.17) is 11.0 Å². The maximum absolute atomic E-state index is 12.3. The van der Waals surface area contributed by atoms with Crippen LogP contribution in [0.25, 0.3) is 5.82 Å². The Bertz CT molecular complexity index is 811. The number of nitrogen functional groups attached to an aromatic ring is 1. The number of nitriles is 1. The van der Waals surface area contributed by atoms with Gasteiger partial charge in [-0.1, -0.05) is 0 Å². The molecule has 2 aliphatic rings. The van der Waals surface area contributed by atoms with Crippen LogP contribution in [-0.4, -0.2) is 39.3 Å². The third-order valence-electron chi connectivity index (χ3n) is 4.13. The smallest absolute Gasteiger partial charge is 0.257 e. The van der Waals surface area contributed by atoms with Gasteiger partial charge >= 0.3 is 0 Å². The summed E-state index contributed by atoms with van der Waals surface area (Å²) in [7, 11) is 0. The summed E-state index contributed by atoms with van der Waals surface area (Å²) in [5, 5.41) is 19.5. The van der Waals surface area contributed by atoms with Crippen LogP contribution >= 0.6 is 0 Å². The molecule has 1 amide bonds. The normalized spacial score (nSPS) is 18.2. The van der Waals surface area contributed by atoms with E-state index in [1.165, 1.54) is 10.9 Å². The predicted molar refractivity (Wildman–Crippen MR) is 77.3 cm³/mol. The van der Waals surface area contributed by atoms with Crippen molar-refractivity contribution in [1.29, 1.82) is 5.26 Å². The van der Waals surface area contributed by atoms with Crippen molar-refractivity contribution >= 4 is 11.7 Å². The zero-order valence-corrected chi connectivity index (χ0v) is 11.6. The molecule has 1 saturated heterocycles. The lowest BCUT2D eigenvalue weighted by Crippen LogP contribution is -2.71. The van der Waals surface area contributed by atoms with Gasteiger partial charge in [-0.25, -0.2) is 4.98 Å². The summed E-state index contributed by atoms with van der Waals surface area (Å²) < 4.78 is 1.45. The standard InChI is InChI=1S/C14H13N7O/c15-4-8-1-2-10(18-5-8)21-12(16)11-9(20-21)3-14(6-17-7-14)19-13(11)22/h1-2,5,17H,3,6-7,16H2,(H,19,22). The van der Waals surface area contributed by atoms with Crippen LogP contribution in [-0.2, 0) is 6.42 Å². The van der Waals surface area contributed by atoms with Crippen LogP contribution < -0.4 is 16.4 Å². The van der Waals surface area contributed by atoms with E-state index in [1.807, 2.05) is 6.07 Å². The molecule has 22 heavy (non-hydrogen) atoms. The summed E-state index contributed by atoms with van der Waals surface area (Å²) in [4.78, 5) is 16.5. The van der Waals surface area contributed by atoms with Crippen LogP contribution in [0.15, 0.2) is 18.3 Å². The van der Waals surface area contributed by atoms with Gasteiger partial charge in [0, 0.05) is 25.7 Å². The summed E-state index contributed by atoms with van der Waals surface area (Å²) in [5.41, 5.74) is 7.41. The average molecular weight is 295 g/mol. The number of nitrogens with zero attached hydrogens (tertiary/aromatic N) is 4. The van der Waals surface area contributed by atoms with E-state index >= 15 is 0 Å². The van der Waals surface area contributed by atoms with Gasteiger partial charge in [-0.05, 0) is 12.1 Å². The lowest BCUT2D eigenvalue weighted by molar-refractivity contribution is 0.0828. The molecule has 0 aliphatic carbocycles. The van der Waals surface area contributed by atoms with Gasteiger partial charge in [0.1, 0.15) is 17.5 Å². The number of rotatable bonds is 1. The zero-order valence-electron chi connectivity index (χ0n) is 11.6. The van der Waals surface area contributed by atoms with Crippen LogP contribution in [0, 0.1) is 11.3 Å². The fourth-order valence-corrected chi connectivity index (χ4v) is 2.91. The molecule has 0 radical (unpaired) electrons. The van der Waals surface area contributed by atoms with Crippen molar-refractivity contribution in [3.63, 3.8) is 0 Å². The minimum atomic E-state index is -0.242. The van der Waals surface area contributed by atoms with Crippen molar-refractivity contribution in [2.75, 3.05) is 18.8 Å². The lowest BCUT2D eigenvalue weighted by Gasteiger charge is -2.45. The molecule has 0 saturated carbocycles. The van der Waals surface area contributed by atoms with Crippen molar-refractivity contribution in [2.45, 2.75) is 12.0 Å². The first-order chi connectivity index (χ1) is 10.6. The topological polar surface area (TPSA) is 122 Å². The fourth-order valence-electron chi connectivity index (χ4n) is 2.91. The summed E-state index contributed by atoms with van der Waals surface area (Å²) in [6.07, 6.45) is 2.10. The van der Waals surface area contributed by atoms with Crippen LogP contribution in [0.1, 0.15) is 21.6 Å². The summed E-state index contributed by atoms with van der Waals surface area (Å²) in [6.45, 7) is 1.47. The summed E-state index contributed by atoms with van der Waals surface area (Å²) in [6, 6.07) is 5.31. The minimum absolute atomic E-state index is 0.194. The molecular weight excluding hydrogens is 282 g/mol. The largest absolute Gasteiger partial charge is 0.383 e. The van der Waals surface area contributed by atoms with E-state index in [0.29, 0.717) is 29.1 Å². The quantitative estimate of drug-likeness (QED) is 0.642. The second kappa shape index (κ2) is 4.29. The Hall–Kier alpha value is -2.92. The van der Waals surface area contributed by atoms with Crippen LogP contribution in [0.4, 0.5) is 5.82 Å². The van der Waals surface area contributed by atoms with Gasteiger partial charge in [-0.2, -0.15) is 15.0 Å².